The van der Waals surface area contributed by atoms with E-state index in [9.17, 15) is 0 Å². The van der Waals surface area contributed by atoms with Gasteiger partial charge in [0.2, 0.25) is 0 Å². The second-order valence-corrected chi connectivity index (χ2v) is 6.18. The van der Waals surface area contributed by atoms with E-state index in [2.05, 4.69) is 73.0 Å². The Morgan fingerprint density at radius 3 is 2.63 bits per heavy atom. The highest BCUT2D eigenvalue weighted by Gasteiger charge is 2.05. The fourth-order valence-electron chi connectivity index (χ4n) is 2.21. The summed E-state index contributed by atoms with van der Waals surface area (Å²) >= 11 is 7.00. The Labute approximate surface area is 128 Å². The summed E-state index contributed by atoms with van der Waals surface area (Å²) in [5, 5.41) is 1.23. The zero-order chi connectivity index (χ0) is 13.4. The van der Waals surface area contributed by atoms with Crippen molar-refractivity contribution in [2.75, 3.05) is 5.73 Å². The van der Waals surface area contributed by atoms with Gasteiger partial charge in [0.15, 0.2) is 0 Å². The summed E-state index contributed by atoms with van der Waals surface area (Å²) in [5.74, 6) is 0. The van der Waals surface area contributed by atoms with Crippen molar-refractivity contribution >= 4 is 48.5 Å². The summed E-state index contributed by atoms with van der Waals surface area (Å²) in [6.45, 7) is 0.817. The highest BCUT2D eigenvalue weighted by molar-refractivity contribution is 9.11. The first-order chi connectivity index (χ1) is 9.15. The lowest BCUT2D eigenvalue weighted by Crippen LogP contribution is -1.99. The molecule has 2 N–H and O–H groups in total. The van der Waals surface area contributed by atoms with Crippen molar-refractivity contribution in [2.24, 2.45) is 0 Å². The Balaban J connectivity index is 2.01. The predicted octanol–water partition coefficient (Wildman–Crippen LogP) is 4.80. The Morgan fingerprint density at radius 2 is 1.84 bits per heavy atom. The van der Waals surface area contributed by atoms with Gasteiger partial charge in [-0.05, 0) is 51.8 Å². The highest BCUT2D eigenvalue weighted by atomic mass is 79.9. The molecule has 0 saturated heterocycles. The minimum absolute atomic E-state index is 0.773. The summed E-state index contributed by atoms with van der Waals surface area (Å²) in [4.78, 5) is 0. The van der Waals surface area contributed by atoms with Crippen molar-refractivity contribution < 1.29 is 0 Å². The lowest BCUT2D eigenvalue weighted by molar-refractivity contribution is 0.837. The first-order valence-corrected chi connectivity index (χ1v) is 7.51. The third-order valence-electron chi connectivity index (χ3n) is 3.17. The summed E-state index contributed by atoms with van der Waals surface area (Å²) < 4.78 is 4.29. The molecule has 0 radical (unpaired) electrons. The van der Waals surface area contributed by atoms with E-state index in [1.165, 1.54) is 16.5 Å². The molecule has 0 spiro atoms. The van der Waals surface area contributed by atoms with Crippen LogP contribution in [-0.4, -0.2) is 4.57 Å². The Morgan fingerprint density at radius 1 is 1.00 bits per heavy atom. The molecule has 0 saturated carbocycles. The van der Waals surface area contributed by atoms with Crippen molar-refractivity contribution in [3.63, 3.8) is 0 Å². The second-order valence-electron chi connectivity index (χ2n) is 4.47. The van der Waals surface area contributed by atoms with E-state index in [0.29, 0.717) is 0 Å². The monoisotopic (exact) mass is 378 g/mol. The van der Waals surface area contributed by atoms with Gasteiger partial charge < -0.3 is 10.3 Å². The molecule has 0 fully saturated rings. The molecule has 0 atom stereocenters. The van der Waals surface area contributed by atoms with E-state index >= 15 is 0 Å². The van der Waals surface area contributed by atoms with Crippen LogP contribution >= 0.6 is 31.9 Å². The van der Waals surface area contributed by atoms with Crippen LogP contribution in [0.15, 0.2) is 57.6 Å². The number of fused-ring (bicyclic) bond motifs is 1. The zero-order valence-electron chi connectivity index (χ0n) is 10.1. The summed E-state index contributed by atoms with van der Waals surface area (Å²) in [6, 6.07) is 14.5. The van der Waals surface area contributed by atoms with Gasteiger partial charge in [-0.1, -0.05) is 28.1 Å². The topological polar surface area (TPSA) is 30.9 Å². The van der Waals surface area contributed by atoms with Gasteiger partial charge >= 0.3 is 0 Å². The molecule has 1 heterocycles. The zero-order valence-corrected chi connectivity index (χ0v) is 13.3. The molecule has 4 heteroatoms. The summed E-state index contributed by atoms with van der Waals surface area (Å²) in [6.07, 6.45) is 2.10. The third-order valence-corrected chi connectivity index (χ3v) is 4.59. The number of nitrogens with zero attached hydrogens (tertiary/aromatic N) is 1. The van der Waals surface area contributed by atoms with Crippen LogP contribution in [0.5, 0.6) is 0 Å². The standard InChI is InChI=1S/C15H12Br2N2/c16-12-2-1-3-15-11(12)6-7-19(15)9-10-4-5-13(17)14(18)8-10/h1-8H,9,18H2. The van der Waals surface area contributed by atoms with E-state index in [1.807, 2.05) is 12.1 Å². The van der Waals surface area contributed by atoms with Crippen molar-refractivity contribution in [3.8, 4) is 0 Å². The lowest BCUT2D eigenvalue weighted by atomic mass is 10.2. The SMILES string of the molecule is Nc1cc(Cn2ccc3c(Br)cccc32)ccc1Br. The minimum atomic E-state index is 0.773. The molecule has 2 aromatic carbocycles. The van der Waals surface area contributed by atoms with Gasteiger partial charge in [-0.3, -0.25) is 0 Å². The van der Waals surface area contributed by atoms with Gasteiger partial charge in [0.05, 0.1) is 0 Å². The molecule has 2 nitrogen and oxygen atoms in total. The van der Waals surface area contributed by atoms with Crippen LogP contribution in [-0.2, 0) is 6.54 Å². The largest absolute Gasteiger partial charge is 0.398 e. The number of halogens is 2. The Hall–Kier alpha value is -1.26. The molecule has 96 valence electrons. The van der Waals surface area contributed by atoms with E-state index in [1.54, 1.807) is 0 Å². The number of nitrogen functional groups attached to an aromatic ring is 1. The van der Waals surface area contributed by atoms with Gasteiger partial charge in [0.25, 0.3) is 0 Å². The maximum atomic E-state index is 5.92. The van der Waals surface area contributed by atoms with Crippen molar-refractivity contribution in [2.45, 2.75) is 6.54 Å². The predicted molar refractivity (Wildman–Crippen MR) is 87.3 cm³/mol. The molecule has 3 rings (SSSR count). The average molecular weight is 380 g/mol. The maximum Gasteiger partial charge on any atom is 0.0494 e. The van der Waals surface area contributed by atoms with Crippen molar-refractivity contribution in [3.05, 3.63) is 63.2 Å². The number of aromatic nitrogens is 1. The smallest absolute Gasteiger partial charge is 0.0494 e. The van der Waals surface area contributed by atoms with Crippen LogP contribution in [0.4, 0.5) is 5.69 Å². The minimum Gasteiger partial charge on any atom is -0.398 e. The van der Waals surface area contributed by atoms with Gasteiger partial charge in [-0.25, -0.2) is 0 Å². The number of hydrogen-bond donors (Lipinski definition) is 1. The first kappa shape index (κ1) is 12.8. The van der Waals surface area contributed by atoms with Crippen molar-refractivity contribution in [1.82, 2.24) is 4.57 Å². The molecule has 0 bridgehead atoms. The van der Waals surface area contributed by atoms with E-state index in [4.69, 9.17) is 5.73 Å². The molecule has 0 aliphatic carbocycles. The second kappa shape index (κ2) is 5.02. The molecule has 1 aromatic heterocycles. The summed E-state index contributed by atoms with van der Waals surface area (Å²) in [7, 11) is 0. The van der Waals surface area contributed by atoms with Gasteiger partial charge in [-0.2, -0.15) is 0 Å². The Bertz CT molecular complexity index is 747. The molecule has 0 aliphatic heterocycles. The van der Waals surface area contributed by atoms with Gasteiger partial charge in [0, 0.05) is 38.3 Å². The van der Waals surface area contributed by atoms with E-state index in [-0.39, 0.29) is 0 Å². The third kappa shape index (κ3) is 2.42. The molecular weight excluding hydrogens is 368 g/mol. The van der Waals surface area contributed by atoms with E-state index in [0.717, 1.165) is 21.2 Å². The normalized spacial score (nSPS) is 11.1. The number of nitrogens with two attached hydrogens (primary N) is 1. The molecule has 19 heavy (non-hydrogen) atoms. The highest BCUT2D eigenvalue weighted by Crippen LogP contribution is 2.26. The van der Waals surface area contributed by atoms with Crippen LogP contribution in [0, 0.1) is 0 Å². The summed E-state index contributed by atoms with van der Waals surface area (Å²) in [5.41, 5.74) is 9.11. The lowest BCUT2D eigenvalue weighted by Gasteiger charge is -2.08. The first-order valence-electron chi connectivity index (χ1n) is 5.92. The number of anilines is 1. The molecule has 0 unspecified atom stereocenters. The van der Waals surface area contributed by atoms with Crippen molar-refractivity contribution in [1.29, 1.82) is 0 Å². The van der Waals surface area contributed by atoms with Crippen LogP contribution in [0.25, 0.3) is 10.9 Å². The fraction of sp³-hybridized carbons (Fsp3) is 0.0667. The Kier molecular flexibility index (Phi) is 3.37. The van der Waals surface area contributed by atoms with Crippen LogP contribution < -0.4 is 5.73 Å². The molecular formula is C15H12Br2N2. The fourth-order valence-corrected chi connectivity index (χ4v) is 2.95. The van der Waals surface area contributed by atoms with Crippen LogP contribution in [0.1, 0.15) is 5.56 Å². The molecule has 3 aromatic rings. The molecule has 0 amide bonds. The van der Waals surface area contributed by atoms with Crippen LogP contribution in [0.3, 0.4) is 0 Å². The van der Waals surface area contributed by atoms with Gasteiger partial charge in [0.1, 0.15) is 0 Å². The van der Waals surface area contributed by atoms with E-state index < -0.39 is 0 Å². The number of hydrogen-bond acceptors (Lipinski definition) is 1. The maximum absolute atomic E-state index is 5.92. The average Bonchev–Trinajstić information content (AvgIpc) is 2.79. The quantitative estimate of drug-likeness (QED) is 0.637. The number of rotatable bonds is 2. The van der Waals surface area contributed by atoms with Gasteiger partial charge in [-0.15, -0.1) is 0 Å². The number of benzene rings is 2. The van der Waals surface area contributed by atoms with Crippen LogP contribution in [0.2, 0.25) is 0 Å². The molecule has 0 aliphatic rings.